The summed E-state index contributed by atoms with van der Waals surface area (Å²) < 4.78 is 3.34. The molecule has 0 atom stereocenters. The molecule has 2 rings (SSSR count). The number of hydrogen-bond donors (Lipinski definition) is 0. The summed E-state index contributed by atoms with van der Waals surface area (Å²) in [6, 6.07) is 1.77. The van der Waals surface area contributed by atoms with Crippen molar-refractivity contribution in [3.63, 3.8) is 0 Å². The Morgan fingerprint density at radius 2 is 2.15 bits per heavy atom. The largest absolute Gasteiger partial charge is 0.334 e. The lowest BCUT2D eigenvalue weighted by Crippen LogP contribution is -2.28. The molecule has 0 aliphatic heterocycles. The zero-order chi connectivity index (χ0) is 14.9. The summed E-state index contributed by atoms with van der Waals surface area (Å²) in [5.41, 5.74) is 2.07. The van der Waals surface area contributed by atoms with Gasteiger partial charge in [0.2, 0.25) is 0 Å². The second-order valence-electron chi connectivity index (χ2n) is 4.74. The summed E-state index contributed by atoms with van der Waals surface area (Å²) in [4.78, 5) is 13.9. The fourth-order valence-corrected chi connectivity index (χ4v) is 2.22. The molecule has 0 aliphatic rings. The first kappa shape index (κ1) is 14.6. The Kier molecular flexibility index (Phi) is 4.13. The summed E-state index contributed by atoms with van der Waals surface area (Å²) in [5, 5.41) is 9.10. The molecule has 0 spiro atoms. The van der Waals surface area contributed by atoms with Gasteiger partial charge in [-0.2, -0.15) is 10.2 Å². The van der Waals surface area contributed by atoms with Gasteiger partial charge in [0.15, 0.2) is 0 Å². The van der Waals surface area contributed by atoms with Crippen LogP contribution in [0.1, 0.15) is 28.8 Å². The van der Waals surface area contributed by atoms with Gasteiger partial charge in [-0.05, 0) is 19.9 Å². The van der Waals surface area contributed by atoms with Crippen LogP contribution >= 0.6 is 11.6 Å². The van der Waals surface area contributed by atoms with Crippen molar-refractivity contribution in [2.24, 2.45) is 7.05 Å². The number of nitrogens with zero attached hydrogens (tertiary/aromatic N) is 5. The first-order valence-corrected chi connectivity index (χ1v) is 6.78. The quantitative estimate of drug-likeness (QED) is 0.865. The standard InChI is InChI=1S/C13H18ClN5O/c1-5-19-7-10(14)11(16-19)8-17(3)13(20)12-6-9(2)15-18(12)4/h6-7H,5,8H2,1-4H3. The van der Waals surface area contributed by atoms with Crippen molar-refractivity contribution < 1.29 is 4.79 Å². The highest BCUT2D eigenvalue weighted by atomic mass is 35.5. The van der Waals surface area contributed by atoms with Crippen molar-refractivity contribution in [3.8, 4) is 0 Å². The molecule has 2 aromatic rings. The smallest absolute Gasteiger partial charge is 0.272 e. The predicted octanol–water partition coefficient (Wildman–Crippen LogP) is 1.87. The number of hydrogen-bond acceptors (Lipinski definition) is 3. The molecule has 2 aromatic heterocycles. The van der Waals surface area contributed by atoms with Crippen molar-refractivity contribution in [3.05, 3.63) is 34.4 Å². The lowest BCUT2D eigenvalue weighted by molar-refractivity contribution is 0.0772. The Morgan fingerprint density at radius 3 is 2.65 bits per heavy atom. The maximum Gasteiger partial charge on any atom is 0.272 e. The van der Waals surface area contributed by atoms with Gasteiger partial charge in [0.1, 0.15) is 11.4 Å². The van der Waals surface area contributed by atoms with Crippen molar-refractivity contribution >= 4 is 17.5 Å². The molecular formula is C13H18ClN5O. The highest BCUT2D eigenvalue weighted by Gasteiger charge is 2.18. The van der Waals surface area contributed by atoms with E-state index in [4.69, 9.17) is 11.6 Å². The van der Waals surface area contributed by atoms with Gasteiger partial charge in [-0.15, -0.1) is 0 Å². The summed E-state index contributed by atoms with van der Waals surface area (Å²) in [6.07, 6.45) is 1.77. The van der Waals surface area contributed by atoms with E-state index in [0.717, 1.165) is 12.2 Å². The van der Waals surface area contributed by atoms with Crippen molar-refractivity contribution in [2.75, 3.05) is 7.05 Å². The summed E-state index contributed by atoms with van der Waals surface area (Å²) >= 11 is 6.12. The normalized spacial score (nSPS) is 10.8. The zero-order valence-corrected chi connectivity index (χ0v) is 12.8. The molecule has 0 bridgehead atoms. The molecule has 0 saturated heterocycles. The second-order valence-corrected chi connectivity index (χ2v) is 5.14. The van der Waals surface area contributed by atoms with Gasteiger partial charge in [0.05, 0.1) is 17.3 Å². The highest BCUT2D eigenvalue weighted by molar-refractivity contribution is 6.31. The first-order chi connectivity index (χ1) is 9.42. The Morgan fingerprint density at radius 1 is 1.45 bits per heavy atom. The Labute approximate surface area is 122 Å². The first-order valence-electron chi connectivity index (χ1n) is 6.40. The third-order valence-corrected chi connectivity index (χ3v) is 3.38. The van der Waals surface area contributed by atoms with Crippen molar-refractivity contribution in [2.45, 2.75) is 26.9 Å². The van der Waals surface area contributed by atoms with Crippen molar-refractivity contribution in [1.29, 1.82) is 0 Å². The number of carbonyl (C=O) groups is 1. The van der Waals surface area contributed by atoms with Gasteiger partial charge < -0.3 is 4.90 Å². The summed E-state index contributed by atoms with van der Waals surface area (Å²) in [6.45, 7) is 4.96. The number of amides is 1. The number of aromatic nitrogens is 4. The van der Waals surface area contributed by atoms with Crippen LogP contribution in [0, 0.1) is 6.92 Å². The van der Waals surface area contributed by atoms with E-state index in [1.807, 2.05) is 13.8 Å². The van der Waals surface area contributed by atoms with Crippen LogP contribution < -0.4 is 0 Å². The number of aryl methyl sites for hydroxylation is 3. The topological polar surface area (TPSA) is 56.0 Å². The van der Waals surface area contributed by atoms with E-state index in [0.29, 0.717) is 23.0 Å². The van der Waals surface area contributed by atoms with Crippen LogP contribution in [0.2, 0.25) is 5.02 Å². The van der Waals surface area contributed by atoms with Crippen LogP contribution in [-0.2, 0) is 20.1 Å². The number of halogens is 1. The minimum absolute atomic E-state index is 0.102. The van der Waals surface area contributed by atoms with Crippen LogP contribution in [0.5, 0.6) is 0 Å². The molecule has 20 heavy (non-hydrogen) atoms. The minimum atomic E-state index is -0.102. The van der Waals surface area contributed by atoms with Crippen LogP contribution in [0.15, 0.2) is 12.3 Å². The lowest BCUT2D eigenvalue weighted by Gasteiger charge is -2.15. The van der Waals surface area contributed by atoms with Gasteiger partial charge in [-0.25, -0.2) is 0 Å². The average molecular weight is 296 g/mol. The summed E-state index contributed by atoms with van der Waals surface area (Å²) in [7, 11) is 3.48. The maximum absolute atomic E-state index is 12.4. The molecule has 0 aliphatic carbocycles. The highest BCUT2D eigenvalue weighted by Crippen LogP contribution is 2.16. The van der Waals surface area contributed by atoms with E-state index >= 15 is 0 Å². The van der Waals surface area contributed by atoms with E-state index in [9.17, 15) is 4.79 Å². The molecule has 0 aromatic carbocycles. The van der Waals surface area contributed by atoms with E-state index < -0.39 is 0 Å². The minimum Gasteiger partial charge on any atom is -0.334 e. The van der Waals surface area contributed by atoms with Gasteiger partial charge in [-0.3, -0.25) is 14.2 Å². The Balaban J connectivity index is 2.15. The second kappa shape index (κ2) is 5.66. The predicted molar refractivity (Wildman–Crippen MR) is 76.7 cm³/mol. The molecule has 0 unspecified atom stereocenters. The number of rotatable bonds is 4. The van der Waals surface area contributed by atoms with Crippen LogP contribution in [0.3, 0.4) is 0 Å². The van der Waals surface area contributed by atoms with E-state index in [-0.39, 0.29) is 5.91 Å². The lowest BCUT2D eigenvalue weighted by atomic mass is 10.3. The van der Waals surface area contributed by atoms with Gasteiger partial charge in [0.25, 0.3) is 5.91 Å². The molecular weight excluding hydrogens is 278 g/mol. The monoisotopic (exact) mass is 295 g/mol. The van der Waals surface area contributed by atoms with Crippen LogP contribution in [0.25, 0.3) is 0 Å². The fraction of sp³-hybridized carbons (Fsp3) is 0.462. The van der Waals surface area contributed by atoms with E-state index in [1.54, 1.807) is 40.6 Å². The zero-order valence-electron chi connectivity index (χ0n) is 12.1. The molecule has 0 N–H and O–H groups in total. The maximum atomic E-state index is 12.4. The Bertz CT molecular complexity index is 631. The van der Waals surface area contributed by atoms with Crippen LogP contribution in [-0.4, -0.2) is 37.4 Å². The molecule has 0 saturated carbocycles. The van der Waals surface area contributed by atoms with Crippen molar-refractivity contribution in [1.82, 2.24) is 24.5 Å². The molecule has 6 nitrogen and oxygen atoms in total. The third-order valence-electron chi connectivity index (χ3n) is 3.07. The molecule has 0 radical (unpaired) electrons. The number of carbonyl (C=O) groups excluding carboxylic acids is 1. The van der Waals surface area contributed by atoms with Gasteiger partial charge in [0, 0.05) is 26.8 Å². The van der Waals surface area contributed by atoms with Gasteiger partial charge in [-0.1, -0.05) is 11.6 Å². The van der Waals surface area contributed by atoms with Crippen LogP contribution in [0.4, 0.5) is 0 Å². The SMILES string of the molecule is CCn1cc(Cl)c(CN(C)C(=O)c2cc(C)nn2C)n1. The third kappa shape index (κ3) is 2.85. The molecule has 1 amide bonds. The summed E-state index contributed by atoms with van der Waals surface area (Å²) in [5.74, 6) is -0.102. The van der Waals surface area contributed by atoms with Gasteiger partial charge >= 0.3 is 0 Å². The molecule has 7 heteroatoms. The Hall–Kier alpha value is -1.82. The molecule has 0 fully saturated rings. The van der Waals surface area contributed by atoms with E-state index in [2.05, 4.69) is 10.2 Å². The molecule has 108 valence electrons. The van der Waals surface area contributed by atoms with E-state index in [1.165, 1.54) is 0 Å². The fourth-order valence-electron chi connectivity index (χ4n) is 2.01. The average Bonchev–Trinajstić information content (AvgIpc) is 2.91. The molecule has 2 heterocycles.